The molecule has 8 heterocycles. The SMILES string of the molecule is O=C(O)N1C[C@@H]2C[C@H]1CN2C(c1ccc2c(c1)COCO2)c1ccc2c(c1)COCO2.c1cc2c(cc1C(c1ccc3c(c1)COCO3)N1C[C@@H]3C[C@H]1CN3)COCO2. The van der Waals surface area contributed by atoms with Crippen LogP contribution in [0.1, 0.15) is 69.4 Å². The summed E-state index contributed by atoms with van der Waals surface area (Å²) in [6, 6.07) is 27.3. The number of amides is 1. The largest absolute Gasteiger partial charge is 0.467 e. The first-order chi connectivity index (χ1) is 29.0. The molecule has 0 unspecified atom stereocenters. The molecule has 8 aliphatic heterocycles. The lowest BCUT2D eigenvalue weighted by atomic mass is 9.93. The Morgan fingerprint density at radius 2 is 0.966 bits per heavy atom. The first-order valence-corrected chi connectivity index (χ1v) is 20.6. The van der Waals surface area contributed by atoms with Gasteiger partial charge in [-0.15, -0.1) is 0 Å². The van der Waals surface area contributed by atoms with Crippen molar-refractivity contribution in [2.75, 3.05) is 53.4 Å². The number of piperazine rings is 2. The highest BCUT2D eigenvalue weighted by atomic mass is 16.7. The minimum absolute atomic E-state index is 0.00500. The smallest absolute Gasteiger partial charge is 0.407 e. The summed E-state index contributed by atoms with van der Waals surface area (Å²) in [5, 5.41) is 13.1. The van der Waals surface area contributed by atoms with Gasteiger partial charge < -0.3 is 53.2 Å². The normalized spacial score (nSPS) is 25.2. The van der Waals surface area contributed by atoms with E-state index in [2.05, 4.69) is 75.8 Å². The molecule has 0 aliphatic carbocycles. The Balaban J connectivity index is 0.000000135. The molecule has 8 aliphatic rings. The van der Waals surface area contributed by atoms with Crippen LogP contribution < -0.4 is 24.3 Å². The van der Waals surface area contributed by atoms with Crippen LogP contribution >= 0.6 is 0 Å². The predicted molar refractivity (Wildman–Crippen MR) is 211 cm³/mol. The molecule has 59 heavy (non-hydrogen) atoms. The number of rotatable bonds is 6. The lowest BCUT2D eigenvalue weighted by molar-refractivity contribution is -0.0168. The van der Waals surface area contributed by atoms with Gasteiger partial charge in [-0.1, -0.05) is 24.3 Å². The summed E-state index contributed by atoms with van der Waals surface area (Å²) in [7, 11) is 0. The van der Waals surface area contributed by atoms with Gasteiger partial charge in [0.15, 0.2) is 27.2 Å². The van der Waals surface area contributed by atoms with Gasteiger partial charge in [0.05, 0.1) is 38.5 Å². The van der Waals surface area contributed by atoms with Crippen LogP contribution in [0, 0.1) is 0 Å². The van der Waals surface area contributed by atoms with Crippen LogP contribution in [0.4, 0.5) is 4.79 Å². The maximum Gasteiger partial charge on any atom is 0.407 e. The van der Waals surface area contributed by atoms with E-state index in [9.17, 15) is 9.90 Å². The molecule has 4 aromatic carbocycles. The van der Waals surface area contributed by atoms with Gasteiger partial charge in [-0.25, -0.2) is 4.79 Å². The van der Waals surface area contributed by atoms with E-state index in [1.165, 1.54) is 17.5 Å². The second kappa shape index (κ2) is 15.6. The number of fused-ring (bicyclic) bond motifs is 8. The molecule has 0 spiro atoms. The van der Waals surface area contributed by atoms with E-state index < -0.39 is 6.09 Å². The van der Waals surface area contributed by atoms with Crippen LogP contribution in [0.3, 0.4) is 0 Å². The monoisotopic (exact) mass is 804 g/mol. The predicted octanol–water partition coefficient (Wildman–Crippen LogP) is 5.50. The quantitative estimate of drug-likeness (QED) is 0.255. The van der Waals surface area contributed by atoms with E-state index >= 15 is 0 Å². The Morgan fingerprint density at radius 1 is 0.542 bits per heavy atom. The van der Waals surface area contributed by atoms with Crippen molar-refractivity contribution < 1.29 is 47.8 Å². The molecule has 14 heteroatoms. The van der Waals surface area contributed by atoms with Crippen LogP contribution in [0.25, 0.3) is 0 Å². The van der Waals surface area contributed by atoms with Gasteiger partial charge in [0.2, 0.25) is 0 Å². The summed E-state index contributed by atoms with van der Waals surface area (Å²) in [5.41, 5.74) is 9.21. The number of carbonyl (C=O) groups is 1. The zero-order valence-electron chi connectivity index (χ0n) is 32.8. The van der Waals surface area contributed by atoms with Crippen molar-refractivity contribution in [1.29, 1.82) is 0 Å². The third kappa shape index (κ3) is 7.05. The van der Waals surface area contributed by atoms with Crippen LogP contribution in [0.5, 0.6) is 23.0 Å². The molecular formula is C45H48N4O10. The first kappa shape index (κ1) is 37.1. The zero-order valence-corrected chi connectivity index (χ0v) is 32.8. The number of ether oxygens (including phenoxy) is 8. The van der Waals surface area contributed by atoms with E-state index in [1.807, 2.05) is 12.1 Å². The van der Waals surface area contributed by atoms with Crippen molar-refractivity contribution in [2.45, 2.75) is 75.5 Å². The van der Waals surface area contributed by atoms with Gasteiger partial charge in [-0.2, -0.15) is 0 Å². The van der Waals surface area contributed by atoms with E-state index in [1.54, 1.807) is 4.90 Å². The van der Waals surface area contributed by atoms with Gasteiger partial charge in [-0.3, -0.25) is 9.80 Å². The van der Waals surface area contributed by atoms with Gasteiger partial charge in [0, 0.05) is 72.6 Å². The van der Waals surface area contributed by atoms with Crippen molar-refractivity contribution in [1.82, 2.24) is 20.0 Å². The maximum atomic E-state index is 11.6. The van der Waals surface area contributed by atoms with Crippen molar-refractivity contribution in [3.8, 4) is 23.0 Å². The molecule has 308 valence electrons. The Bertz CT molecular complexity index is 2120. The van der Waals surface area contributed by atoms with Crippen LogP contribution in [0.2, 0.25) is 0 Å². The number of hydrogen-bond donors (Lipinski definition) is 2. The summed E-state index contributed by atoms with van der Waals surface area (Å²) >= 11 is 0. The molecule has 4 atom stereocenters. The summed E-state index contributed by atoms with van der Waals surface area (Å²) in [4.78, 5) is 18.3. The molecule has 4 aromatic rings. The van der Waals surface area contributed by atoms with Crippen LogP contribution in [-0.4, -0.2) is 103 Å². The Kier molecular flexibility index (Phi) is 9.80. The fourth-order valence-corrected chi connectivity index (χ4v) is 10.4. The lowest BCUT2D eigenvalue weighted by Crippen LogP contribution is -2.49. The zero-order chi connectivity index (χ0) is 39.5. The third-order valence-corrected chi connectivity index (χ3v) is 13.1. The number of likely N-dealkylation sites (tertiary alicyclic amines) is 3. The minimum atomic E-state index is -0.824. The average Bonchev–Trinajstić information content (AvgIpc) is 4.11. The van der Waals surface area contributed by atoms with E-state index in [0.717, 1.165) is 82.4 Å². The molecule has 0 aromatic heterocycles. The highest BCUT2D eigenvalue weighted by Gasteiger charge is 2.48. The molecular weight excluding hydrogens is 757 g/mol. The van der Waals surface area contributed by atoms with Crippen LogP contribution in [-0.2, 0) is 45.4 Å². The summed E-state index contributed by atoms with van der Waals surface area (Å²) in [6.07, 6.45) is 1.27. The van der Waals surface area contributed by atoms with E-state index in [4.69, 9.17) is 37.9 Å². The lowest BCUT2D eigenvalue weighted by Gasteiger charge is -2.39. The molecule has 14 nitrogen and oxygen atoms in total. The van der Waals surface area contributed by atoms with E-state index in [-0.39, 0.29) is 37.8 Å². The molecule has 2 N–H and O–H groups in total. The van der Waals surface area contributed by atoms with Crippen molar-refractivity contribution in [2.24, 2.45) is 0 Å². The van der Waals surface area contributed by atoms with Crippen molar-refractivity contribution in [3.05, 3.63) is 117 Å². The highest BCUT2D eigenvalue weighted by Crippen LogP contribution is 2.44. The fourth-order valence-electron chi connectivity index (χ4n) is 10.4. The van der Waals surface area contributed by atoms with Gasteiger partial charge >= 0.3 is 6.09 Å². The molecule has 4 bridgehead atoms. The number of hydrogen-bond acceptors (Lipinski definition) is 12. The Morgan fingerprint density at radius 3 is 1.31 bits per heavy atom. The minimum Gasteiger partial charge on any atom is -0.467 e. The molecule has 12 rings (SSSR count). The third-order valence-electron chi connectivity index (χ3n) is 13.1. The number of nitrogens with zero attached hydrogens (tertiary/aromatic N) is 3. The van der Waals surface area contributed by atoms with Crippen molar-refractivity contribution >= 4 is 6.09 Å². The van der Waals surface area contributed by atoms with Gasteiger partial charge in [0.1, 0.15) is 23.0 Å². The topological polar surface area (TPSA) is 133 Å². The van der Waals surface area contributed by atoms with Crippen molar-refractivity contribution in [3.63, 3.8) is 0 Å². The van der Waals surface area contributed by atoms with Crippen LogP contribution in [0.15, 0.2) is 72.8 Å². The fraction of sp³-hybridized carbons (Fsp3) is 0.444. The Hall–Kier alpha value is -4.93. The molecule has 4 saturated heterocycles. The maximum absolute atomic E-state index is 11.6. The summed E-state index contributed by atoms with van der Waals surface area (Å²) < 4.78 is 44.5. The Labute approximate surface area is 342 Å². The first-order valence-electron chi connectivity index (χ1n) is 20.6. The number of nitrogens with one attached hydrogen (secondary N) is 1. The molecule has 0 radical (unpaired) electrons. The molecule has 4 fully saturated rings. The number of carboxylic acid groups (broad SMARTS) is 1. The molecule has 0 saturated carbocycles. The highest BCUT2D eigenvalue weighted by molar-refractivity contribution is 5.66. The van der Waals surface area contributed by atoms with E-state index in [0.29, 0.717) is 58.6 Å². The molecule has 1 amide bonds. The van der Waals surface area contributed by atoms with Gasteiger partial charge in [0.25, 0.3) is 0 Å². The number of benzene rings is 4. The van der Waals surface area contributed by atoms with Gasteiger partial charge in [-0.05, 0) is 83.6 Å². The standard InChI is InChI=1S/C23H24N2O6.C22H24N2O4/c26-23(27)25-9-18-7-19(25)8-24(18)22(14-1-3-20-16(5-14)10-28-12-30-20)15-2-4-21-17(6-15)11-29-13-31-21;1-3-20-16(10-25-12-27-20)5-14(1)22(24-9-18-7-19(24)8-23-18)15-2-4-21-17(6-15)11-26-13-28-21/h1-6,18-19,22H,7-13H2,(H,26,27);1-6,18-19,22-23H,7-13H2/t2*18-,19-/m00/s1. The average molecular weight is 805 g/mol. The second-order valence-electron chi connectivity index (χ2n) is 16.6. The summed E-state index contributed by atoms with van der Waals surface area (Å²) in [6.45, 7) is 6.90. The summed E-state index contributed by atoms with van der Waals surface area (Å²) in [5.74, 6) is 3.60. The second-order valence-corrected chi connectivity index (χ2v) is 16.6.